The highest BCUT2D eigenvalue weighted by Crippen LogP contribution is 2.37. The van der Waals surface area contributed by atoms with Gasteiger partial charge in [0.15, 0.2) is 0 Å². The van der Waals surface area contributed by atoms with Crippen molar-refractivity contribution in [3.8, 4) is 17.2 Å². The van der Waals surface area contributed by atoms with Crippen LogP contribution in [-0.2, 0) is 19.6 Å². The van der Waals surface area contributed by atoms with Crippen LogP contribution in [0.2, 0.25) is 0 Å². The number of halogens is 1. The molecule has 0 saturated heterocycles. The SMILES string of the molecule is FC12Oc3ccccc3CN(Cc3ccccc3O1)Cc1ccccc1O2. The Bertz CT molecular complexity index is 865. The molecule has 27 heavy (non-hydrogen) atoms. The molecule has 0 aromatic heterocycles. The van der Waals surface area contributed by atoms with E-state index in [0.29, 0.717) is 36.9 Å². The van der Waals surface area contributed by atoms with Crippen molar-refractivity contribution < 1.29 is 18.6 Å². The van der Waals surface area contributed by atoms with E-state index in [4.69, 9.17) is 14.2 Å². The molecule has 3 aromatic rings. The summed E-state index contributed by atoms with van der Waals surface area (Å²) in [5.41, 5.74) is 2.64. The highest BCUT2D eigenvalue weighted by Gasteiger charge is 2.43. The van der Waals surface area contributed by atoms with Gasteiger partial charge in [0.25, 0.3) is 0 Å². The van der Waals surface area contributed by atoms with E-state index in [1.807, 2.05) is 54.6 Å². The first-order chi connectivity index (χ1) is 13.2. The maximum absolute atomic E-state index is 15.9. The van der Waals surface area contributed by atoms with Crippen molar-refractivity contribution in [2.24, 2.45) is 0 Å². The number of hydrogen-bond donors (Lipinski definition) is 0. The van der Waals surface area contributed by atoms with Crippen LogP contribution in [0.15, 0.2) is 72.8 Å². The Balaban J connectivity index is 1.71. The number of para-hydroxylation sites is 3. The van der Waals surface area contributed by atoms with Crippen LogP contribution < -0.4 is 14.2 Å². The van der Waals surface area contributed by atoms with Crippen molar-refractivity contribution in [1.82, 2.24) is 4.90 Å². The second kappa shape index (κ2) is 6.28. The topological polar surface area (TPSA) is 30.9 Å². The Kier molecular flexibility index (Phi) is 3.76. The second-order valence-corrected chi connectivity index (χ2v) is 6.76. The molecule has 0 fully saturated rings. The summed E-state index contributed by atoms with van der Waals surface area (Å²) in [5.74, 6) is 1.22. The maximum Gasteiger partial charge on any atom is 0.598 e. The fraction of sp³-hybridized carbons (Fsp3) is 0.182. The minimum Gasteiger partial charge on any atom is -0.392 e. The zero-order valence-electron chi connectivity index (χ0n) is 14.6. The third kappa shape index (κ3) is 3.11. The molecule has 0 atom stereocenters. The van der Waals surface area contributed by atoms with Crippen LogP contribution in [-0.4, -0.2) is 11.1 Å². The molecule has 6 rings (SSSR count). The van der Waals surface area contributed by atoms with Crippen LogP contribution in [0.3, 0.4) is 0 Å². The normalized spacial score (nSPS) is 23.2. The van der Waals surface area contributed by atoms with Crippen molar-refractivity contribution in [3.05, 3.63) is 89.5 Å². The van der Waals surface area contributed by atoms with Gasteiger partial charge in [-0.25, -0.2) is 0 Å². The molecule has 136 valence electrons. The Labute approximate surface area is 156 Å². The summed E-state index contributed by atoms with van der Waals surface area (Å²) in [6.45, 7) is 1.86. The quantitative estimate of drug-likeness (QED) is 0.583. The Morgan fingerprint density at radius 1 is 0.593 bits per heavy atom. The van der Waals surface area contributed by atoms with E-state index in [9.17, 15) is 0 Å². The smallest absolute Gasteiger partial charge is 0.392 e. The Morgan fingerprint density at radius 2 is 0.926 bits per heavy atom. The van der Waals surface area contributed by atoms with Gasteiger partial charge < -0.3 is 14.2 Å². The van der Waals surface area contributed by atoms with Gasteiger partial charge in [-0.2, -0.15) is 0 Å². The summed E-state index contributed by atoms with van der Waals surface area (Å²) in [6, 6.07) is 22.2. The molecule has 0 radical (unpaired) electrons. The third-order valence-electron chi connectivity index (χ3n) is 4.80. The van der Waals surface area contributed by atoms with Crippen molar-refractivity contribution in [2.75, 3.05) is 0 Å². The van der Waals surface area contributed by atoms with E-state index >= 15 is 4.39 Å². The number of benzene rings is 3. The van der Waals surface area contributed by atoms with Crippen molar-refractivity contribution in [3.63, 3.8) is 0 Å². The fourth-order valence-corrected chi connectivity index (χ4v) is 3.55. The first-order valence-corrected chi connectivity index (χ1v) is 8.91. The standard InChI is InChI=1S/C22H18FNO3/c23-22-25-19-10-4-1-7-16(19)13-24(14-17-8-2-5-11-20(17)26-22)15-18-9-3-6-12-21(18)27-22/h1-12H,13-15H2. The first kappa shape index (κ1) is 16.1. The highest BCUT2D eigenvalue weighted by atomic mass is 19.2. The van der Waals surface area contributed by atoms with Crippen LogP contribution >= 0.6 is 0 Å². The molecule has 0 N–H and O–H groups in total. The molecule has 3 aromatic carbocycles. The number of nitrogens with zero attached hydrogens (tertiary/aromatic N) is 1. The molecule has 3 aliphatic heterocycles. The van der Waals surface area contributed by atoms with Crippen LogP contribution in [0.5, 0.6) is 17.2 Å². The van der Waals surface area contributed by atoms with Crippen molar-refractivity contribution >= 4 is 0 Å². The predicted octanol–water partition coefficient (Wildman–Crippen LogP) is 4.63. The van der Waals surface area contributed by atoms with Gasteiger partial charge in [-0.05, 0) is 18.2 Å². The lowest BCUT2D eigenvalue weighted by molar-refractivity contribution is -0.340. The third-order valence-corrected chi connectivity index (χ3v) is 4.80. The zero-order chi connectivity index (χ0) is 18.3. The lowest BCUT2D eigenvalue weighted by Gasteiger charge is -2.34. The highest BCUT2D eigenvalue weighted by molar-refractivity contribution is 5.39. The summed E-state index contributed by atoms with van der Waals surface area (Å²) in [5, 5.41) is 0. The minimum absolute atomic E-state index is 0.406. The van der Waals surface area contributed by atoms with Crippen molar-refractivity contribution in [1.29, 1.82) is 0 Å². The number of ether oxygens (including phenoxy) is 3. The van der Waals surface area contributed by atoms with E-state index in [1.54, 1.807) is 18.2 Å². The van der Waals surface area contributed by atoms with Gasteiger partial charge in [0.1, 0.15) is 17.2 Å². The summed E-state index contributed by atoms with van der Waals surface area (Å²) >= 11 is 0. The van der Waals surface area contributed by atoms with Crippen molar-refractivity contribution in [2.45, 2.75) is 25.9 Å². The van der Waals surface area contributed by atoms with Gasteiger partial charge in [-0.3, -0.25) is 4.90 Å². The monoisotopic (exact) mass is 363 g/mol. The molecule has 3 aliphatic rings. The van der Waals surface area contributed by atoms with E-state index in [0.717, 1.165) is 16.7 Å². The average Bonchev–Trinajstić information content (AvgIpc) is 2.66. The van der Waals surface area contributed by atoms with E-state index in [1.165, 1.54) is 0 Å². The molecule has 0 amide bonds. The molecule has 0 unspecified atom stereocenters. The van der Waals surface area contributed by atoms with Gasteiger partial charge in [0.05, 0.1) is 0 Å². The summed E-state index contributed by atoms with van der Waals surface area (Å²) in [4.78, 5) is 2.27. The van der Waals surface area contributed by atoms with E-state index < -0.39 is 6.23 Å². The molecule has 3 heterocycles. The van der Waals surface area contributed by atoms with Crippen LogP contribution in [0.4, 0.5) is 4.39 Å². The lowest BCUT2D eigenvalue weighted by Crippen LogP contribution is -2.45. The predicted molar refractivity (Wildman–Crippen MR) is 98.0 cm³/mol. The summed E-state index contributed by atoms with van der Waals surface area (Å²) in [6.07, 6.45) is -2.78. The number of rotatable bonds is 0. The maximum atomic E-state index is 15.9. The number of alkyl halides is 1. The van der Waals surface area contributed by atoms with Gasteiger partial charge in [0, 0.05) is 36.3 Å². The Morgan fingerprint density at radius 3 is 1.30 bits per heavy atom. The second-order valence-electron chi connectivity index (χ2n) is 6.76. The molecule has 4 nitrogen and oxygen atoms in total. The Hall–Kier alpha value is -3.05. The molecule has 0 saturated carbocycles. The zero-order valence-corrected chi connectivity index (χ0v) is 14.6. The van der Waals surface area contributed by atoms with E-state index in [2.05, 4.69) is 4.90 Å². The van der Waals surface area contributed by atoms with E-state index in [-0.39, 0.29) is 0 Å². The molecular formula is C22H18FNO3. The van der Waals surface area contributed by atoms with Crippen LogP contribution in [0, 0.1) is 0 Å². The fourth-order valence-electron chi connectivity index (χ4n) is 3.55. The average molecular weight is 363 g/mol. The largest absolute Gasteiger partial charge is 0.598 e. The summed E-state index contributed by atoms with van der Waals surface area (Å²) in [7, 11) is 0. The van der Waals surface area contributed by atoms with Crippen LogP contribution in [0.1, 0.15) is 16.7 Å². The van der Waals surface area contributed by atoms with Gasteiger partial charge >= 0.3 is 6.23 Å². The van der Waals surface area contributed by atoms with Gasteiger partial charge in [0.2, 0.25) is 0 Å². The summed E-state index contributed by atoms with van der Waals surface area (Å²) < 4.78 is 32.9. The molecule has 5 heteroatoms. The molecular weight excluding hydrogens is 345 g/mol. The van der Waals surface area contributed by atoms with Crippen LogP contribution in [0.25, 0.3) is 0 Å². The molecule has 0 spiro atoms. The molecule has 0 aliphatic carbocycles. The van der Waals surface area contributed by atoms with Gasteiger partial charge in [-0.1, -0.05) is 54.6 Å². The lowest BCUT2D eigenvalue weighted by atomic mass is 10.1. The number of hydrogen-bond acceptors (Lipinski definition) is 4. The minimum atomic E-state index is -2.78. The first-order valence-electron chi connectivity index (χ1n) is 8.91. The molecule has 2 bridgehead atoms. The van der Waals surface area contributed by atoms with Gasteiger partial charge in [-0.15, -0.1) is 4.39 Å².